The SMILES string of the molecule is C=C(CN1CCN(C(C)C)CC1)\N=C/C(=C\N)C(/C)=C/C(c1ncccn1)=c1/[nH]c(NC(=C)OCC)nc1=C. The Morgan fingerprint density at radius 3 is 2.54 bits per heavy atom. The second kappa shape index (κ2) is 14.2. The minimum Gasteiger partial charge on any atom is -0.480 e. The van der Waals surface area contributed by atoms with Crippen LogP contribution in [0.4, 0.5) is 5.95 Å². The Balaban J connectivity index is 1.84. The molecule has 3 heterocycles. The summed E-state index contributed by atoms with van der Waals surface area (Å²) in [6.45, 7) is 25.8. The predicted molar refractivity (Wildman–Crippen MR) is 159 cm³/mol. The Morgan fingerprint density at radius 2 is 1.92 bits per heavy atom. The zero-order valence-electron chi connectivity index (χ0n) is 23.6. The highest BCUT2D eigenvalue weighted by Gasteiger charge is 2.18. The van der Waals surface area contributed by atoms with Crippen LogP contribution in [0.25, 0.3) is 12.2 Å². The first-order valence-corrected chi connectivity index (χ1v) is 13.2. The van der Waals surface area contributed by atoms with E-state index in [9.17, 15) is 0 Å². The molecule has 0 atom stereocenters. The zero-order valence-corrected chi connectivity index (χ0v) is 23.6. The van der Waals surface area contributed by atoms with E-state index >= 15 is 0 Å². The van der Waals surface area contributed by atoms with Crippen molar-refractivity contribution in [1.82, 2.24) is 29.7 Å². The zero-order chi connectivity index (χ0) is 28.4. The topological polar surface area (TPSA) is 121 Å². The normalized spacial score (nSPS) is 16.5. The Kier molecular flexibility index (Phi) is 10.8. The fourth-order valence-electron chi connectivity index (χ4n) is 4.19. The first kappa shape index (κ1) is 29.5. The van der Waals surface area contributed by atoms with Gasteiger partial charge in [-0.05, 0) is 52.0 Å². The summed E-state index contributed by atoms with van der Waals surface area (Å²) in [6.07, 6.45) is 8.60. The quantitative estimate of drug-likeness (QED) is 0.216. The van der Waals surface area contributed by atoms with Crippen LogP contribution in [0.5, 0.6) is 0 Å². The lowest BCUT2D eigenvalue weighted by molar-refractivity contribution is 0.115. The minimum absolute atomic E-state index is 0.383. The van der Waals surface area contributed by atoms with Gasteiger partial charge in [0.2, 0.25) is 5.95 Å². The van der Waals surface area contributed by atoms with Crippen molar-refractivity contribution in [3.05, 3.63) is 83.1 Å². The third-order valence-electron chi connectivity index (χ3n) is 6.36. The Bertz CT molecular complexity index is 1330. The van der Waals surface area contributed by atoms with Crippen molar-refractivity contribution in [2.75, 3.05) is 44.6 Å². The molecule has 10 nitrogen and oxygen atoms in total. The molecule has 0 radical (unpaired) electrons. The molecular weight excluding hydrogens is 490 g/mol. The van der Waals surface area contributed by atoms with E-state index in [4.69, 9.17) is 10.5 Å². The van der Waals surface area contributed by atoms with E-state index in [1.54, 1.807) is 24.7 Å². The van der Waals surface area contributed by atoms with Crippen molar-refractivity contribution in [3.63, 3.8) is 0 Å². The van der Waals surface area contributed by atoms with E-state index in [1.807, 2.05) is 19.9 Å². The summed E-state index contributed by atoms with van der Waals surface area (Å²) in [5.74, 6) is 1.35. The molecule has 1 aliphatic rings. The van der Waals surface area contributed by atoms with Gasteiger partial charge in [-0.2, -0.15) is 0 Å². The van der Waals surface area contributed by atoms with Crippen molar-refractivity contribution in [1.29, 1.82) is 0 Å². The molecule has 10 heteroatoms. The van der Waals surface area contributed by atoms with Gasteiger partial charge in [0.05, 0.1) is 17.3 Å². The van der Waals surface area contributed by atoms with Gasteiger partial charge >= 0.3 is 0 Å². The highest BCUT2D eigenvalue weighted by atomic mass is 16.5. The number of hydrogen-bond acceptors (Lipinski definition) is 9. The molecule has 3 rings (SSSR count). The molecule has 0 aliphatic carbocycles. The number of allylic oxidation sites excluding steroid dienone is 3. The Labute approximate surface area is 231 Å². The van der Waals surface area contributed by atoms with Crippen molar-refractivity contribution in [2.24, 2.45) is 10.7 Å². The van der Waals surface area contributed by atoms with Crippen LogP contribution in [0.1, 0.15) is 33.5 Å². The average Bonchev–Trinajstić information content (AvgIpc) is 3.27. The van der Waals surface area contributed by atoms with Crippen LogP contribution in [-0.4, -0.2) is 81.3 Å². The summed E-state index contributed by atoms with van der Waals surface area (Å²) in [6, 6.07) is 2.34. The second-order valence-corrected chi connectivity index (χ2v) is 9.55. The maximum atomic E-state index is 6.01. The molecule has 1 aliphatic heterocycles. The highest BCUT2D eigenvalue weighted by Crippen LogP contribution is 2.15. The van der Waals surface area contributed by atoms with Crippen molar-refractivity contribution in [3.8, 4) is 0 Å². The molecule has 39 heavy (non-hydrogen) atoms. The van der Waals surface area contributed by atoms with Gasteiger partial charge in [0.1, 0.15) is 0 Å². The van der Waals surface area contributed by atoms with E-state index < -0.39 is 0 Å². The van der Waals surface area contributed by atoms with Gasteiger partial charge in [-0.1, -0.05) is 13.2 Å². The number of nitrogens with two attached hydrogens (primary N) is 1. The molecule has 2 aromatic rings. The molecule has 1 saturated heterocycles. The van der Waals surface area contributed by atoms with Crippen LogP contribution in [0.3, 0.4) is 0 Å². The molecule has 0 spiro atoms. The maximum Gasteiger partial charge on any atom is 0.208 e. The number of anilines is 1. The lowest BCUT2D eigenvalue weighted by Gasteiger charge is -2.36. The fourth-order valence-corrected chi connectivity index (χ4v) is 4.19. The molecule has 1 fully saturated rings. The van der Waals surface area contributed by atoms with Crippen molar-refractivity contribution < 1.29 is 4.74 Å². The van der Waals surface area contributed by atoms with Gasteiger partial charge in [0.25, 0.3) is 0 Å². The number of rotatable bonds is 12. The molecule has 208 valence electrons. The van der Waals surface area contributed by atoms with Gasteiger partial charge in [0, 0.05) is 80.4 Å². The standard InChI is InChI=1S/C29H41N9O/c1-8-39-24(7)35-29-34-23(6)27(36-29)26(28-31-10-9-11-32-28)16-21(4)25(17-30)18-33-22(5)19-37-12-14-38(15-13-37)20(2)3/h9-11,16-18,20H,5-8,12-15,19,30H2,1-4H3,(H2,34,35,36)/b21-16+,25-17+,27-26-,33-18-. The van der Waals surface area contributed by atoms with Crippen molar-refractivity contribution >= 4 is 24.3 Å². The lowest BCUT2D eigenvalue weighted by Crippen LogP contribution is -2.49. The third kappa shape index (κ3) is 8.49. The van der Waals surface area contributed by atoms with Crippen LogP contribution in [0.2, 0.25) is 0 Å². The number of aromatic nitrogens is 4. The highest BCUT2D eigenvalue weighted by molar-refractivity contribution is 5.86. The molecule has 0 unspecified atom stereocenters. The van der Waals surface area contributed by atoms with Crippen LogP contribution >= 0.6 is 0 Å². The first-order valence-electron chi connectivity index (χ1n) is 13.2. The first-order chi connectivity index (χ1) is 18.7. The molecule has 0 bridgehead atoms. The summed E-state index contributed by atoms with van der Waals surface area (Å²) >= 11 is 0. The van der Waals surface area contributed by atoms with E-state index in [0.29, 0.717) is 46.6 Å². The second-order valence-electron chi connectivity index (χ2n) is 9.55. The summed E-state index contributed by atoms with van der Waals surface area (Å²) in [5, 5.41) is 4.18. The third-order valence-corrected chi connectivity index (χ3v) is 6.36. The number of aliphatic imine (C=N–C) groups is 1. The molecule has 2 aromatic heterocycles. The van der Waals surface area contributed by atoms with Gasteiger partial charge in [-0.3, -0.25) is 20.1 Å². The fraction of sp³-hybridized carbons (Fsp3) is 0.379. The van der Waals surface area contributed by atoms with Crippen molar-refractivity contribution in [2.45, 2.75) is 33.7 Å². The number of H-pyrrole nitrogens is 1. The number of aromatic amines is 1. The number of imidazole rings is 1. The summed E-state index contributed by atoms with van der Waals surface area (Å²) < 4.78 is 5.38. The monoisotopic (exact) mass is 531 g/mol. The molecule has 4 N–H and O–H groups in total. The number of hydrogen-bond donors (Lipinski definition) is 3. The summed E-state index contributed by atoms with van der Waals surface area (Å²) in [4.78, 5) is 26.1. The molecule has 0 amide bonds. The number of ether oxygens (including phenoxy) is 1. The maximum absolute atomic E-state index is 6.01. The smallest absolute Gasteiger partial charge is 0.208 e. The Hall–Kier alpha value is -4.02. The number of nitrogens with one attached hydrogen (secondary N) is 2. The number of nitrogens with zero attached hydrogens (tertiary/aromatic N) is 6. The van der Waals surface area contributed by atoms with E-state index in [0.717, 1.165) is 49.6 Å². The van der Waals surface area contributed by atoms with Crippen LogP contribution < -0.4 is 21.7 Å². The van der Waals surface area contributed by atoms with Gasteiger partial charge in [-0.15, -0.1) is 0 Å². The molecular formula is C29H41N9O. The minimum atomic E-state index is 0.383. The molecule has 0 aromatic carbocycles. The van der Waals surface area contributed by atoms with Crippen LogP contribution in [-0.2, 0) is 4.74 Å². The Morgan fingerprint density at radius 1 is 1.23 bits per heavy atom. The van der Waals surface area contributed by atoms with E-state index in [-0.39, 0.29) is 0 Å². The van der Waals surface area contributed by atoms with E-state index in [1.165, 1.54) is 6.20 Å². The predicted octanol–water partition coefficient (Wildman–Crippen LogP) is 2.13. The van der Waals surface area contributed by atoms with E-state index in [2.05, 4.69) is 73.6 Å². The lowest BCUT2D eigenvalue weighted by atomic mass is 10.1. The van der Waals surface area contributed by atoms with Crippen LogP contribution in [0.15, 0.2) is 71.6 Å². The van der Waals surface area contributed by atoms with Gasteiger partial charge < -0.3 is 15.5 Å². The number of piperazine rings is 1. The molecule has 0 saturated carbocycles. The van der Waals surface area contributed by atoms with Gasteiger partial charge in [0.15, 0.2) is 11.7 Å². The largest absolute Gasteiger partial charge is 0.480 e. The van der Waals surface area contributed by atoms with Crippen LogP contribution in [0, 0.1) is 0 Å². The van der Waals surface area contributed by atoms with Gasteiger partial charge in [-0.25, -0.2) is 15.0 Å². The summed E-state index contributed by atoms with van der Waals surface area (Å²) in [7, 11) is 0. The average molecular weight is 532 g/mol. The summed E-state index contributed by atoms with van der Waals surface area (Å²) in [5.41, 5.74) is 9.12.